The molecule has 0 bridgehead atoms. The topological polar surface area (TPSA) is 105 Å². The zero-order valence-electron chi connectivity index (χ0n) is 14.7. The third-order valence-corrected chi connectivity index (χ3v) is 3.39. The summed E-state index contributed by atoms with van der Waals surface area (Å²) in [6.45, 7) is 6.58. The van der Waals surface area contributed by atoms with Gasteiger partial charge in [0.15, 0.2) is 0 Å². The van der Waals surface area contributed by atoms with Crippen molar-refractivity contribution in [3.05, 3.63) is 35.7 Å². The van der Waals surface area contributed by atoms with Crippen LogP contribution in [0, 0.1) is 5.41 Å². The summed E-state index contributed by atoms with van der Waals surface area (Å²) in [7, 11) is 0. The van der Waals surface area contributed by atoms with Gasteiger partial charge < -0.3 is 14.9 Å². The fourth-order valence-electron chi connectivity index (χ4n) is 2.24. The standard InChI is InChI=1S/C18H23N3O4/c1-18(2,3)11-14-20-16(21-25-14)12-6-4-7-13(10-12)17(24)19-9-5-8-15(22)23/h4,6-7,10H,5,8-9,11H2,1-3H3,(H,19,24)(H,22,23). The van der Waals surface area contributed by atoms with Crippen LogP contribution in [0.1, 0.15) is 49.9 Å². The Balaban J connectivity index is 2.03. The number of carbonyl (C=O) groups excluding carboxylic acids is 1. The molecule has 7 nitrogen and oxygen atoms in total. The Kier molecular flexibility index (Phi) is 5.90. The van der Waals surface area contributed by atoms with E-state index in [0.29, 0.717) is 42.2 Å². The summed E-state index contributed by atoms with van der Waals surface area (Å²) < 4.78 is 5.28. The van der Waals surface area contributed by atoms with E-state index in [4.69, 9.17) is 9.63 Å². The number of amides is 1. The number of nitrogens with one attached hydrogen (secondary N) is 1. The molecule has 0 spiro atoms. The first-order chi connectivity index (χ1) is 11.7. The maximum absolute atomic E-state index is 12.1. The first-order valence-corrected chi connectivity index (χ1v) is 8.17. The number of hydrogen-bond acceptors (Lipinski definition) is 5. The molecule has 25 heavy (non-hydrogen) atoms. The van der Waals surface area contributed by atoms with E-state index < -0.39 is 5.97 Å². The number of aliphatic carboxylic acids is 1. The average molecular weight is 345 g/mol. The highest BCUT2D eigenvalue weighted by atomic mass is 16.5. The van der Waals surface area contributed by atoms with Crippen molar-refractivity contribution in [2.75, 3.05) is 6.54 Å². The van der Waals surface area contributed by atoms with Crippen LogP contribution in [-0.2, 0) is 11.2 Å². The molecule has 1 aromatic heterocycles. The van der Waals surface area contributed by atoms with E-state index in [-0.39, 0.29) is 17.7 Å². The summed E-state index contributed by atoms with van der Waals surface area (Å²) in [5.41, 5.74) is 1.21. The second kappa shape index (κ2) is 7.92. The van der Waals surface area contributed by atoms with Crippen LogP contribution in [0.25, 0.3) is 11.4 Å². The Morgan fingerprint density at radius 1 is 1.28 bits per heavy atom. The van der Waals surface area contributed by atoms with Crippen LogP contribution in [0.2, 0.25) is 0 Å². The molecule has 0 radical (unpaired) electrons. The number of aromatic nitrogens is 2. The van der Waals surface area contributed by atoms with E-state index in [0.717, 1.165) is 0 Å². The summed E-state index contributed by atoms with van der Waals surface area (Å²) in [6, 6.07) is 6.94. The summed E-state index contributed by atoms with van der Waals surface area (Å²) in [6.07, 6.45) is 1.09. The molecule has 2 rings (SSSR count). The van der Waals surface area contributed by atoms with Crippen molar-refractivity contribution >= 4 is 11.9 Å². The van der Waals surface area contributed by atoms with Gasteiger partial charge in [-0.2, -0.15) is 4.98 Å². The Bertz CT molecular complexity index is 747. The lowest BCUT2D eigenvalue weighted by Gasteiger charge is -2.13. The largest absolute Gasteiger partial charge is 0.481 e. The molecule has 0 aliphatic rings. The zero-order valence-corrected chi connectivity index (χ0v) is 14.7. The number of carboxylic acids is 1. The van der Waals surface area contributed by atoms with Crippen molar-refractivity contribution in [1.29, 1.82) is 0 Å². The van der Waals surface area contributed by atoms with Crippen LogP contribution in [0.15, 0.2) is 28.8 Å². The fraction of sp³-hybridized carbons (Fsp3) is 0.444. The van der Waals surface area contributed by atoms with Gasteiger partial charge in [-0.1, -0.05) is 38.1 Å². The normalized spacial score (nSPS) is 11.3. The van der Waals surface area contributed by atoms with Crippen molar-refractivity contribution in [2.45, 2.75) is 40.0 Å². The van der Waals surface area contributed by atoms with Gasteiger partial charge in [-0.3, -0.25) is 9.59 Å². The second-order valence-electron chi connectivity index (χ2n) is 7.08. The minimum absolute atomic E-state index is 0.0275. The van der Waals surface area contributed by atoms with Gasteiger partial charge >= 0.3 is 5.97 Å². The molecular formula is C18H23N3O4. The molecule has 0 atom stereocenters. The Hall–Kier alpha value is -2.70. The van der Waals surface area contributed by atoms with Gasteiger partial charge in [-0.05, 0) is 24.0 Å². The maximum atomic E-state index is 12.1. The van der Waals surface area contributed by atoms with Gasteiger partial charge in [0, 0.05) is 30.5 Å². The number of hydrogen-bond donors (Lipinski definition) is 2. The number of rotatable bonds is 7. The van der Waals surface area contributed by atoms with Gasteiger partial charge in [-0.15, -0.1) is 0 Å². The van der Waals surface area contributed by atoms with Crippen LogP contribution >= 0.6 is 0 Å². The summed E-state index contributed by atoms with van der Waals surface area (Å²) in [5.74, 6) is -0.129. The fourth-order valence-corrected chi connectivity index (χ4v) is 2.24. The number of nitrogens with zero attached hydrogens (tertiary/aromatic N) is 2. The maximum Gasteiger partial charge on any atom is 0.303 e. The van der Waals surface area contributed by atoms with Crippen molar-refractivity contribution < 1.29 is 19.2 Å². The molecule has 0 unspecified atom stereocenters. The van der Waals surface area contributed by atoms with E-state index in [9.17, 15) is 9.59 Å². The molecule has 0 saturated carbocycles. The summed E-state index contributed by atoms with van der Waals surface area (Å²) in [4.78, 5) is 27.0. The van der Waals surface area contributed by atoms with Gasteiger partial charge in [-0.25, -0.2) is 0 Å². The summed E-state index contributed by atoms with van der Waals surface area (Å²) >= 11 is 0. The summed E-state index contributed by atoms with van der Waals surface area (Å²) in [5, 5.41) is 15.3. The van der Waals surface area contributed by atoms with Gasteiger partial charge in [0.2, 0.25) is 11.7 Å². The smallest absolute Gasteiger partial charge is 0.303 e. The average Bonchev–Trinajstić information content (AvgIpc) is 2.97. The molecule has 1 aromatic carbocycles. The molecule has 1 amide bonds. The predicted molar refractivity (Wildman–Crippen MR) is 92.1 cm³/mol. The predicted octanol–water partition coefficient (Wildman–Crippen LogP) is 2.92. The SMILES string of the molecule is CC(C)(C)Cc1nc(-c2cccc(C(=O)NCCCC(=O)O)c2)no1. The van der Waals surface area contributed by atoms with Crippen molar-refractivity contribution in [3.63, 3.8) is 0 Å². The van der Waals surface area contributed by atoms with Crippen LogP contribution < -0.4 is 5.32 Å². The van der Waals surface area contributed by atoms with E-state index in [1.165, 1.54) is 0 Å². The first-order valence-electron chi connectivity index (χ1n) is 8.17. The number of benzene rings is 1. The first kappa shape index (κ1) is 18.6. The molecule has 1 heterocycles. The lowest BCUT2D eigenvalue weighted by Crippen LogP contribution is -2.24. The molecular weight excluding hydrogens is 322 g/mol. The number of carbonyl (C=O) groups is 2. The van der Waals surface area contributed by atoms with Crippen LogP contribution in [-0.4, -0.2) is 33.7 Å². The Morgan fingerprint density at radius 3 is 2.72 bits per heavy atom. The molecule has 2 N–H and O–H groups in total. The van der Waals surface area contributed by atoms with Gasteiger partial charge in [0.25, 0.3) is 5.91 Å². The minimum Gasteiger partial charge on any atom is -0.481 e. The van der Waals surface area contributed by atoms with Crippen LogP contribution in [0.5, 0.6) is 0 Å². The highest BCUT2D eigenvalue weighted by Crippen LogP contribution is 2.22. The van der Waals surface area contributed by atoms with Crippen molar-refractivity contribution in [3.8, 4) is 11.4 Å². The van der Waals surface area contributed by atoms with E-state index in [2.05, 4.69) is 36.2 Å². The van der Waals surface area contributed by atoms with Gasteiger partial charge in [0.1, 0.15) is 0 Å². The molecule has 134 valence electrons. The lowest BCUT2D eigenvalue weighted by molar-refractivity contribution is -0.137. The molecule has 7 heteroatoms. The van der Waals surface area contributed by atoms with Crippen LogP contribution in [0.4, 0.5) is 0 Å². The Labute approximate surface area is 146 Å². The van der Waals surface area contributed by atoms with Crippen LogP contribution in [0.3, 0.4) is 0 Å². The molecule has 0 fully saturated rings. The number of carboxylic acid groups (broad SMARTS) is 1. The van der Waals surface area contributed by atoms with Crippen molar-refractivity contribution in [1.82, 2.24) is 15.5 Å². The Morgan fingerprint density at radius 2 is 2.04 bits per heavy atom. The zero-order chi connectivity index (χ0) is 18.4. The monoisotopic (exact) mass is 345 g/mol. The third-order valence-electron chi connectivity index (χ3n) is 3.39. The highest BCUT2D eigenvalue weighted by molar-refractivity contribution is 5.95. The quantitative estimate of drug-likeness (QED) is 0.748. The molecule has 2 aromatic rings. The van der Waals surface area contributed by atoms with E-state index in [1.54, 1.807) is 18.2 Å². The molecule has 0 aliphatic carbocycles. The third kappa shape index (κ3) is 6.02. The highest BCUT2D eigenvalue weighted by Gasteiger charge is 2.17. The lowest BCUT2D eigenvalue weighted by atomic mass is 9.92. The van der Waals surface area contributed by atoms with E-state index >= 15 is 0 Å². The van der Waals surface area contributed by atoms with E-state index in [1.807, 2.05) is 6.07 Å². The molecule has 0 aliphatic heterocycles. The van der Waals surface area contributed by atoms with Gasteiger partial charge in [0.05, 0.1) is 0 Å². The molecule has 0 saturated heterocycles. The minimum atomic E-state index is -0.876. The van der Waals surface area contributed by atoms with Crippen molar-refractivity contribution in [2.24, 2.45) is 5.41 Å². The second-order valence-corrected chi connectivity index (χ2v) is 7.08.